The van der Waals surface area contributed by atoms with Gasteiger partial charge in [-0.3, -0.25) is 19.2 Å². The molecule has 0 aromatic heterocycles. The molecular formula is C22H21B3ClF2N3O4. The van der Waals surface area contributed by atoms with Crippen molar-refractivity contribution in [3.8, 4) is 0 Å². The molecule has 1 saturated heterocycles. The standard InChI is InChI=1S/C22H21B3ClF2N3O4/c23-17(29-19(34)22(27,28)13-2-4-14(26)5-3-13)11-1-6-15-12(9-11)10-30(18(15)33)21(24)8-7-16(32)31(25)20(21)35/h1-6,9,17H,7-8,10,23-25H2,(H,29,34)/t17?,21-/m0/s1. The fourth-order valence-electron chi connectivity index (χ4n) is 4.52. The van der Waals surface area contributed by atoms with E-state index in [4.69, 9.17) is 11.6 Å². The Balaban J connectivity index is 1.52. The molecule has 2 aliphatic rings. The molecule has 4 rings (SSSR count). The molecule has 1 N–H and O–H groups in total. The molecule has 2 heterocycles. The van der Waals surface area contributed by atoms with E-state index in [-0.39, 0.29) is 36.2 Å². The van der Waals surface area contributed by atoms with E-state index in [1.165, 1.54) is 25.0 Å². The third kappa shape index (κ3) is 4.24. The molecule has 2 atom stereocenters. The molecule has 0 spiro atoms. The van der Waals surface area contributed by atoms with Gasteiger partial charge >= 0.3 is 5.92 Å². The van der Waals surface area contributed by atoms with Crippen LogP contribution in [-0.4, -0.2) is 62.5 Å². The van der Waals surface area contributed by atoms with Crippen LogP contribution in [0.3, 0.4) is 0 Å². The van der Waals surface area contributed by atoms with Gasteiger partial charge in [0.2, 0.25) is 19.8 Å². The van der Waals surface area contributed by atoms with E-state index in [0.29, 0.717) is 16.7 Å². The van der Waals surface area contributed by atoms with Crippen LogP contribution in [0.25, 0.3) is 0 Å². The number of hydrogen-bond donors (Lipinski definition) is 1. The maximum absolute atomic E-state index is 14.7. The Morgan fingerprint density at radius 2 is 1.80 bits per heavy atom. The first-order chi connectivity index (χ1) is 16.4. The van der Waals surface area contributed by atoms with Crippen molar-refractivity contribution in [2.45, 2.75) is 36.7 Å². The van der Waals surface area contributed by atoms with Gasteiger partial charge in [-0.15, -0.1) is 0 Å². The maximum atomic E-state index is 14.7. The molecular weight excluding hydrogens is 476 g/mol. The second-order valence-corrected chi connectivity index (χ2v) is 9.55. The van der Waals surface area contributed by atoms with Crippen LogP contribution in [0, 0.1) is 0 Å². The number of nitrogens with one attached hydrogen (secondary N) is 1. The Hall–Kier alpha value is -3.14. The second-order valence-electron chi connectivity index (χ2n) is 9.12. The van der Waals surface area contributed by atoms with Gasteiger partial charge < -0.3 is 15.0 Å². The normalized spacial score (nSPS) is 21.2. The number of amides is 4. The fourth-order valence-corrected chi connectivity index (χ4v) is 4.65. The minimum Gasteiger partial charge on any atom is -0.352 e. The highest BCUT2D eigenvalue weighted by Crippen LogP contribution is 2.35. The SMILES string of the molecule is BC(NC(=O)C(F)(F)c1ccc(Cl)cc1)c1ccc2c(c1)CN([C@@]1(B)CCC(=O)N(B)C1=O)C2=O. The van der Waals surface area contributed by atoms with E-state index in [9.17, 15) is 28.0 Å². The van der Waals surface area contributed by atoms with E-state index in [1.807, 2.05) is 0 Å². The van der Waals surface area contributed by atoms with Gasteiger partial charge in [-0.1, -0.05) is 35.9 Å². The Bertz CT molecular complexity index is 1250. The fraction of sp³-hybridized carbons (Fsp3) is 0.273. The number of imide groups is 1. The summed E-state index contributed by atoms with van der Waals surface area (Å²) in [6, 6.07) is 9.60. The molecule has 0 bridgehead atoms. The first-order valence-electron chi connectivity index (χ1n) is 11.1. The predicted octanol–water partition coefficient (Wildman–Crippen LogP) is -0.138. The number of halogens is 3. The molecule has 7 nitrogen and oxygen atoms in total. The summed E-state index contributed by atoms with van der Waals surface area (Å²) in [5.41, 5.74) is -0.0972. The van der Waals surface area contributed by atoms with Gasteiger partial charge in [0.05, 0.1) is 5.44 Å². The largest absolute Gasteiger partial charge is 0.352 e. The number of alkyl halides is 2. The zero-order valence-electron chi connectivity index (χ0n) is 19.4. The topological polar surface area (TPSA) is 86.8 Å². The summed E-state index contributed by atoms with van der Waals surface area (Å²) in [6.07, 6.45) is 0.364. The van der Waals surface area contributed by atoms with E-state index in [1.54, 1.807) is 33.9 Å². The summed E-state index contributed by atoms with van der Waals surface area (Å²) in [5, 5.41) is 2.61. The monoisotopic (exact) mass is 497 g/mol. The molecule has 1 unspecified atom stereocenters. The lowest BCUT2D eigenvalue weighted by Gasteiger charge is -2.43. The van der Waals surface area contributed by atoms with Gasteiger partial charge in [0, 0.05) is 35.1 Å². The molecule has 0 aliphatic carbocycles. The maximum Gasteiger partial charge on any atom is 0.349 e. The van der Waals surface area contributed by atoms with Crippen molar-refractivity contribution in [2.75, 3.05) is 0 Å². The molecule has 4 amide bonds. The molecule has 178 valence electrons. The summed E-state index contributed by atoms with van der Waals surface area (Å²) < 4.78 is 29.3. The first-order valence-corrected chi connectivity index (χ1v) is 11.4. The zero-order valence-corrected chi connectivity index (χ0v) is 20.2. The number of carbonyl (C=O) groups excluding carboxylic acids is 4. The van der Waals surface area contributed by atoms with Crippen molar-refractivity contribution in [1.29, 1.82) is 0 Å². The Morgan fingerprint density at radius 1 is 1.14 bits per heavy atom. The summed E-state index contributed by atoms with van der Waals surface area (Å²) >= 11 is 5.74. The Kier molecular flexibility index (Phi) is 6.29. The highest BCUT2D eigenvalue weighted by Gasteiger charge is 2.50. The molecule has 13 heteroatoms. The van der Waals surface area contributed by atoms with Gasteiger partial charge in [0.25, 0.3) is 11.8 Å². The number of benzene rings is 2. The third-order valence-electron chi connectivity index (χ3n) is 6.83. The summed E-state index contributed by atoms with van der Waals surface area (Å²) in [4.78, 5) is 52.7. The first kappa shape index (κ1) is 25.0. The van der Waals surface area contributed by atoms with Crippen LogP contribution in [0.1, 0.15) is 45.8 Å². The van der Waals surface area contributed by atoms with Crippen molar-refractivity contribution >= 4 is 58.9 Å². The Morgan fingerprint density at radius 3 is 2.46 bits per heavy atom. The number of piperidine rings is 1. The Labute approximate surface area is 208 Å². The van der Waals surface area contributed by atoms with Crippen molar-refractivity contribution in [3.05, 3.63) is 69.7 Å². The summed E-state index contributed by atoms with van der Waals surface area (Å²) in [6.45, 7) is 0.133. The van der Waals surface area contributed by atoms with Gasteiger partial charge in [-0.2, -0.15) is 8.78 Å². The predicted molar refractivity (Wildman–Crippen MR) is 132 cm³/mol. The third-order valence-corrected chi connectivity index (χ3v) is 7.09. The second kappa shape index (κ2) is 8.82. The number of rotatable bonds is 5. The average Bonchev–Trinajstić information content (AvgIpc) is 3.17. The van der Waals surface area contributed by atoms with E-state index < -0.39 is 34.7 Å². The lowest BCUT2D eigenvalue weighted by atomic mass is 9.68. The number of hydrogen-bond acceptors (Lipinski definition) is 4. The quantitative estimate of drug-likeness (QED) is 0.461. The van der Waals surface area contributed by atoms with E-state index in [2.05, 4.69) is 5.32 Å². The van der Waals surface area contributed by atoms with Gasteiger partial charge in [-0.25, -0.2) is 0 Å². The molecule has 2 aliphatic heterocycles. The van der Waals surface area contributed by atoms with Gasteiger partial charge in [0.1, 0.15) is 15.7 Å². The van der Waals surface area contributed by atoms with Crippen LogP contribution < -0.4 is 5.32 Å². The molecule has 2 aromatic carbocycles. The van der Waals surface area contributed by atoms with Gasteiger partial charge in [-0.05, 0) is 35.7 Å². The lowest BCUT2D eigenvalue weighted by molar-refractivity contribution is -0.148. The van der Waals surface area contributed by atoms with Crippen molar-refractivity contribution in [2.24, 2.45) is 0 Å². The van der Waals surface area contributed by atoms with Gasteiger partial charge in [0.15, 0.2) is 0 Å². The number of nitrogens with zero attached hydrogens (tertiary/aromatic N) is 2. The van der Waals surface area contributed by atoms with Crippen LogP contribution in [-0.2, 0) is 26.9 Å². The van der Waals surface area contributed by atoms with Crippen LogP contribution in [0.2, 0.25) is 5.02 Å². The summed E-state index contributed by atoms with van der Waals surface area (Å²) in [7, 11) is 4.61. The molecule has 1 fully saturated rings. The van der Waals surface area contributed by atoms with Crippen molar-refractivity contribution < 1.29 is 28.0 Å². The van der Waals surface area contributed by atoms with Crippen molar-refractivity contribution in [3.63, 3.8) is 0 Å². The zero-order chi connectivity index (χ0) is 25.7. The molecule has 2 aromatic rings. The lowest BCUT2D eigenvalue weighted by Crippen LogP contribution is -2.64. The summed E-state index contributed by atoms with van der Waals surface area (Å²) in [5.74, 6) is -7.07. The molecule has 0 saturated carbocycles. The van der Waals surface area contributed by atoms with Crippen LogP contribution >= 0.6 is 11.6 Å². The van der Waals surface area contributed by atoms with Crippen LogP contribution in [0.15, 0.2) is 42.5 Å². The van der Waals surface area contributed by atoms with E-state index >= 15 is 0 Å². The van der Waals surface area contributed by atoms with E-state index in [0.717, 1.165) is 16.9 Å². The molecule has 0 radical (unpaired) electrons. The highest BCUT2D eigenvalue weighted by molar-refractivity contribution is 6.38. The highest BCUT2D eigenvalue weighted by atomic mass is 35.5. The minimum atomic E-state index is -3.76. The number of fused-ring (bicyclic) bond motifs is 1. The average molecular weight is 497 g/mol. The minimum absolute atomic E-state index is 0.133. The van der Waals surface area contributed by atoms with Crippen LogP contribution in [0.5, 0.6) is 0 Å². The molecule has 35 heavy (non-hydrogen) atoms. The smallest absolute Gasteiger partial charge is 0.349 e. The number of carbonyl (C=O) groups is 4. The van der Waals surface area contributed by atoms with Crippen LogP contribution in [0.4, 0.5) is 8.78 Å². The van der Waals surface area contributed by atoms with Crippen molar-refractivity contribution in [1.82, 2.24) is 15.0 Å².